The summed E-state index contributed by atoms with van der Waals surface area (Å²) < 4.78 is 9.80. The minimum absolute atomic E-state index is 0.0384. The first kappa shape index (κ1) is 18.1. The van der Waals surface area contributed by atoms with Gasteiger partial charge in [0.15, 0.2) is 11.9 Å². The van der Waals surface area contributed by atoms with Crippen molar-refractivity contribution in [1.82, 2.24) is 0 Å². The van der Waals surface area contributed by atoms with Gasteiger partial charge in [-0.05, 0) is 36.4 Å². The lowest BCUT2D eigenvalue weighted by atomic mass is 10.2. The fourth-order valence-electron chi connectivity index (χ4n) is 2.31. The average molecular weight is 368 g/mol. The molecule has 8 heteroatoms. The van der Waals surface area contributed by atoms with E-state index in [1.54, 1.807) is 24.3 Å². The number of carbonyl (C=O) groups excluding carboxylic acids is 2. The SMILES string of the molecule is O=C1OC(CCOC(=O)c2ccc(N=Nc3ccccc3)cc2)C(O)=C1O. The standard InChI is InChI=1S/C19H16N2O6/c22-16-15(27-19(25)17(16)23)10-11-26-18(24)12-6-8-14(9-7-12)21-20-13-4-2-1-3-5-13/h1-9,15,22-23H,10-11H2. The third-order valence-electron chi connectivity index (χ3n) is 3.74. The number of nitrogens with zero attached hydrogens (tertiary/aromatic N) is 2. The van der Waals surface area contributed by atoms with Gasteiger partial charge in [-0.3, -0.25) is 0 Å². The quantitative estimate of drug-likeness (QED) is 0.590. The van der Waals surface area contributed by atoms with E-state index in [1.807, 2.05) is 30.3 Å². The van der Waals surface area contributed by atoms with Gasteiger partial charge < -0.3 is 19.7 Å². The molecular weight excluding hydrogens is 352 g/mol. The Bertz CT molecular complexity index is 890. The molecule has 3 rings (SSSR count). The molecule has 2 aromatic rings. The van der Waals surface area contributed by atoms with E-state index < -0.39 is 29.6 Å². The number of aliphatic hydroxyl groups is 2. The van der Waals surface area contributed by atoms with Gasteiger partial charge in [0.2, 0.25) is 5.76 Å². The van der Waals surface area contributed by atoms with Crippen molar-refractivity contribution in [1.29, 1.82) is 0 Å². The molecule has 0 bridgehead atoms. The first-order valence-corrected chi connectivity index (χ1v) is 8.11. The molecule has 8 nitrogen and oxygen atoms in total. The summed E-state index contributed by atoms with van der Waals surface area (Å²) in [5.74, 6) is -2.93. The van der Waals surface area contributed by atoms with Crippen LogP contribution in [0.15, 0.2) is 76.3 Å². The van der Waals surface area contributed by atoms with Gasteiger partial charge in [0.25, 0.3) is 0 Å². The Kier molecular flexibility index (Phi) is 5.46. The molecule has 1 atom stereocenters. The van der Waals surface area contributed by atoms with Crippen molar-refractivity contribution in [3.05, 3.63) is 71.7 Å². The first-order valence-electron chi connectivity index (χ1n) is 8.11. The molecule has 0 amide bonds. The van der Waals surface area contributed by atoms with E-state index in [0.29, 0.717) is 11.3 Å². The maximum absolute atomic E-state index is 12.0. The molecule has 0 spiro atoms. The highest BCUT2D eigenvalue weighted by molar-refractivity contribution is 5.90. The minimum Gasteiger partial charge on any atom is -0.505 e. The topological polar surface area (TPSA) is 118 Å². The van der Waals surface area contributed by atoms with E-state index in [9.17, 15) is 19.8 Å². The summed E-state index contributed by atoms with van der Waals surface area (Å²) >= 11 is 0. The molecule has 0 aliphatic carbocycles. The van der Waals surface area contributed by atoms with Crippen molar-refractivity contribution in [3.63, 3.8) is 0 Å². The second-order valence-electron chi connectivity index (χ2n) is 5.63. The molecule has 1 heterocycles. The second kappa shape index (κ2) is 8.13. The van der Waals surface area contributed by atoms with Crippen LogP contribution in [0.2, 0.25) is 0 Å². The van der Waals surface area contributed by atoms with Crippen LogP contribution in [-0.2, 0) is 14.3 Å². The van der Waals surface area contributed by atoms with Gasteiger partial charge in [-0.2, -0.15) is 10.2 Å². The van der Waals surface area contributed by atoms with Crippen LogP contribution in [0.1, 0.15) is 16.8 Å². The predicted octanol–water partition coefficient (Wildman–Crippen LogP) is 3.90. The molecule has 138 valence electrons. The van der Waals surface area contributed by atoms with E-state index >= 15 is 0 Å². The molecule has 2 N–H and O–H groups in total. The smallest absolute Gasteiger partial charge is 0.377 e. The maximum Gasteiger partial charge on any atom is 0.377 e. The Balaban J connectivity index is 1.51. The van der Waals surface area contributed by atoms with Crippen LogP contribution in [0.4, 0.5) is 11.4 Å². The van der Waals surface area contributed by atoms with E-state index in [2.05, 4.69) is 10.2 Å². The van der Waals surface area contributed by atoms with Crippen molar-refractivity contribution in [2.24, 2.45) is 10.2 Å². The predicted molar refractivity (Wildman–Crippen MR) is 94.1 cm³/mol. The lowest BCUT2D eigenvalue weighted by molar-refractivity contribution is -0.142. The van der Waals surface area contributed by atoms with Gasteiger partial charge in [-0.15, -0.1) is 0 Å². The normalized spacial score (nSPS) is 16.6. The van der Waals surface area contributed by atoms with Crippen LogP contribution in [0.25, 0.3) is 0 Å². The first-order chi connectivity index (χ1) is 13.0. The van der Waals surface area contributed by atoms with Gasteiger partial charge in [0, 0.05) is 6.42 Å². The van der Waals surface area contributed by atoms with Crippen LogP contribution in [0.5, 0.6) is 0 Å². The van der Waals surface area contributed by atoms with Crippen LogP contribution in [-0.4, -0.2) is 34.9 Å². The number of esters is 2. The van der Waals surface area contributed by atoms with E-state index in [0.717, 1.165) is 5.69 Å². The Hall–Kier alpha value is -3.68. The Morgan fingerprint density at radius 2 is 1.63 bits per heavy atom. The summed E-state index contributed by atoms with van der Waals surface area (Å²) in [6.45, 7) is -0.0937. The average Bonchev–Trinajstić information content (AvgIpc) is 2.94. The Morgan fingerprint density at radius 3 is 2.22 bits per heavy atom. The minimum atomic E-state index is -1.01. The molecule has 1 aliphatic heterocycles. The lowest BCUT2D eigenvalue weighted by Crippen LogP contribution is -2.16. The fourth-order valence-corrected chi connectivity index (χ4v) is 2.31. The van der Waals surface area contributed by atoms with Gasteiger partial charge in [-0.1, -0.05) is 18.2 Å². The molecule has 0 saturated carbocycles. The van der Waals surface area contributed by atoms with Gasteiger partial charge in [0.05, 0.1) is 23.5 Å². The van der Waals surface area contributed by atoms with Gasteiger partial charge in [0.1, 0.15) is 0 Å². The van der Waals surface area contributed by atoms with Crippen molar-refractivity contribution in [2.75, 3.05) is 6.61 Å². The van der Waals surface area contributed by atoms with E-state index in [1.165, 1.54) is 0 Å². The van der Waals surface area contributed by atoms with Crippen molar-refractivity contribution < 1.29 is 29.3 Å². The summed E-state index contributed by atoms with van der Waals surface area (Å²) in [5, 5.41) is 26.9. The molecule has 1 aliphatic rings. The largest absolute Gasteiger partial charge is 0.505 e. The van der Waals surface area contributed by atoms with Crippen molar-refractivity contribution in [3.8, 4) is 0 Å². The molecule has 0 radical (unpaired) electrons. The van der Waals surface area contributed by atoms with Gasteiger partial charge in [-0.25, -0.2) is 9.59 Å². The molecule has 0 saturated heterocycles. The molecule has 27 heavy (non-hydrogen) atoms. The number of aliphatic hydroxyl groups excluding tert-OH is 2. The second-order valence-corrected chi connectivity index (χ2v) is 5.63. The number of ether oxygens (including phenoxy) is 2. The molecule has 0 fully saturated rings. The lowest BCUT2D eigenvalue weighted by Gasteiger charge is -2.10. The number of cyclic esters (lactones) is 1. The number of benzene rings is 2. The van der Waals surface area contributed by atoms with Crippen molar-refractivity contribution in [2.45, 2.75) is 12.5 Å². The molecular formula is C19H16N2O6. The highest BCUT2D eigenvalue weighted by Crippen LogP contribution is 2.22. The molecule has 1 unspecified atom stereocenters. The van der Waals surface area contributed by atoms with Gasteiger partial charge >= 0.3 is 11.9 Å². The zero-order valence-electron chi connectivity index (χ0n) is 14.1. The fraction of sp³-hybridized carbons (Fsp3) is 0.158. The number of azo groups is 1. The van der Waals surface area contributed by atoms with Crippen molar-refractivity contribution >= 4 is 23.3 Å². The number of hydrogen-bond acceptors (Lipinski definition) is 8. The summed E-state index contributed by atoms with van der Waals surface area (Å²) in [4.78, 5) is 23.1. The summed E-state index contributed by atoms with van der Waals surface area (Å²) in [6.07, 6.45) is -0.970. The zero-order valence-corrected chi connectivity index (χ0v) is 14.1. The zero-order chi connectivity index (χ0) is 19.2. The summed E-state index contributed by atoms with van der Waals surface area (Å²) in [7, 11) is 0. The third-order valence-corrected chi connectivity index (χ3v) is 3.74. The highest BCUT2D eigenvalue weighted by Gasteiger charge is 2.34. The monoisotopic (exact) mass is 368 g/mol. The maximum atomic E-state index is 12.0. The number of rotatable bonds is 6. The third kappa shape index (κ3) is 4.49. The molecule has 2 aromatic carbocycles. The van der Waals surface area contributed by atoms with E-state index in [4.69, 9.17) is 9.47 Å². The van der Waals surface area contributed by atoms with E-state index in [-0.39, 0.29) is 13.0 Å². The van der Waals surface area contributed by atoms with Crippen LogP contribution in [0, 0.1) is 0 Å². The Labute approximate surface area is 154 Å². The molecule has 0 aromatic heterocycles. The Morgan fingerprint density at radius 1 is 1.00 bits per heavy atom. The summed E-state index contributed by atoms with van der Waals surface area (Å²) in [5.41, 5.74) is 1.62. The van der Waals surface area contributed by atoms with Crippen LogP contribution >= 0.6 is 0 Å². The summed E-state index contributed by atoms with van der Waals surface area (Å²) in [6, 6.07) is 15.6. The number of carbonyl (C=O) groups is 2. The van der Waals surface area contributed by atoms with Crippen LogP contribution < -0.4 is 0 Å². The highest BCUT2D eigenvalue weighted by atomic mass is 16.6. The number of hydrogen-bond donors (Lipinski definition) is 2. The van der Waals surface area contributed by atoms with Crippen LogP contribution in [0.3, 0.4) is 0 Å².